The molecule has 0 spiro atoms. The summed E-state index contributed by atoms with van der Waals surface area (Å²) in [6, 6.07) is 12.5. The summed E-state index contributed by atoms with van der Waals surface area (Å²) in [6.45, 7) is 6.29. The molecule has 2 aromatic rings. The van der Waals surface area contributed by atoms with Crippen LogP contribution in [0.25, 0.3) is 11.1 Å². The van der Waals surface area contributed by atoms with Crippen LogP contribution in [-0.2, 0) is 20.7 Å². The lowest BCUT2D eigenvalue weighted by atomic mass is 9.74. The number of morpholine rings is 1. The van der Waals surface area contributed by atoms with E-state index in [1.165, 1.54) is 12.1 Å². The van der Waals surface area contributed by atoms with Crippen LogP contribution >= 0.6 is 0 Å². The summed E-state index contributed by atoms with van der Waals surface area (Å²) in [5.74, 6) is 0.419. The smallest absolute Gasteiger partial charge is 0.226 e. The number of ether oxygens (including phenoxy) is 3. The molecule has 34 heavy (non-hydrogen) atoms. The van der Waals surface area contributed by atoms with E-state index in [1.807, 2.05) is 24.3 Å². The van der Waals surface area contributed by atoms with E-state index in [0.29, 0.717) is 50.3 Å². The van der Waals surface area contributed by atoms with E-state index in [0.717, 1.165) is 50.4 Å². The Morgan fingerprint density at radius 1 is 1.09 bits per heavy atom. The summed E-state index contributed by atoms with van der Waals surface area (Å²) in [4.78, 5) is 15.8. The van der Waals surface area contributed by atoms with E-state index in [1.54, 1.807) is 13.2 Å². The lowest BCUT2D eigenvalue weighted by Crippen LogP contribution is -2.47. The molecule has 2 aromatic carbocycles. The van der Waals surface area contributed by atoms with Gasteiger partial charge in [-0.25, -0.2) is 4.39 Å². The van der Waals surface area contributed by atoms with Gasteiger partial charge in [-0.05, 0) is 61.6 Å². The van der Waals surface area contributed by atoms with Crippen LogP contribution in [0, 0.1) is 11.2 Å². The Morgan fingerprint density at radius 3 is 2.62 bits per heavy atom. The highest BCUT2D eigenvalue weighted by atomic mass is 19.1. The first-order valence-electron chi connectivity index (χ1n) is 12.2. The molecule has 4 rings (SSSR count). The molecule has 2 saturated heterocycles. The summed E-state index contributed by atoms with van der Waals surface area (Å²) in [6.07, 6.45) is 2.93. The van der Waals surface area contributed by atoms with Gasteiger partial charge in [0.25, 0.3) is 0 Å². The highest BCUT2D eigenvalue weighted by Crippen LogP contribution is 2.37. The summed E-state index contributed by atoms with van der Waals surface area (Å²) >= 11 is 0. The normalized spacial score (nSPS) is 18.4. The molecule has 2 aliphatic heterocycles. The Balaban J connectivity index is 1.44. The molecule has 0 aliphatic carbocycles. The number of nitrogens with zero attached hydrogens (tertiary/aromatic N) is 1. The van der Waals surface area contributed by atoms with Crippen molar-refractivity contribution in [2.45, 2.75) is 25.7 Å². The van der Waals surface area contributed by atoms with E-state index in [2.05, 4.69) is 10.2 Å². The number of hydrogen-bond donors (Lipinski definition) is 1. The maximum absolute atomic E-state index is 13.9. The van der Waals surface area contributed by atoms with Gasteiger partial charge in [-0.3, -0.25) is 9.69 Å². The number of carbonyl (C=O) groups excluding carboxylic acids is 1. The molecule has 2 heterocycles. The molecule has 2 fully saturated rings. The van der Waals surface area contributed by atoms with Crippen LogP contribution in [0.5, 0.6) is 5.75 Å². The van der Waals surface area contributed by atoms with Crippen molar-refractivity contribution in [3.05, 3.63) is 53.8 Å². The van der Waals surface area contributed by atoms with Crippen molar-refractivity contribution in [3.8, 4) is 16.9 Å². The number of halogens is 1. The number of carbonyl (C=O) groups is 1. The van der Waals surface area contributed by atoms with Crippen LogP contribution in [0.15, 0.2) is 42.5 Å². The van der Waals surface area contributed by atoms with Gasteiger partial charge in [-0.2, -0.15) is 0 Å². The Bertz CT molecular complexity index is 955. The SMILES string of the molecule is COc1ccc(F)cc1-c1cccc(CC2(C(=O)NCCCN3CCOCC3)CCOCC2)c1. The summed E-state index contributed by atoms with van der Waals surface area (Å²) in [5, 5.41) is 3.20. The summed E-state index contributed by atoms with van der Waals surface area (Å²) < 4.78 is 30.4. The van der Waals surface area contributed by atoms with Crippen molar-refractivity contribution in [3.63, 3.8) is 0 Å². The highest BCUT2D eigenvalue weighted by Gasteiger charge is 2.40. The van der Waals surface area contributed by atoms with Crippen molar-refractivity contribution in [2.24, 2.45) is 5.41 Å². The fourth-order valence-corrected chi connectivity index (χ4v) is 4.91. The van der Waals surface area contributed by atoms with E-state index >= 15 is 0 Å². The zero-order valence-corrected chi connectivity index (χ0v) is 20.0. The van der Waals surface area contributed by atoms with Crippen molar-refractivity contribution in [1.82, 2.24) is 10.2 Å². The zero-order valence-electron chi connectivity index (χ0n) is 20.0. The van der Waals surface area contributed by atoms with E-state index in [4.69, 9.17) is 14.2 Å². The average molecular weight is 471 g/mol. The first-order valence-corrected chi connectivity index (χ1v) is 12.2. The lowest BCUT2D eigenvalue weighted by Gasteiger charge is -2.36. The third-order valence-corrected chi connectivity index (χ3v) is 6.91. The molecule has 1 amide bonds. The molecule has 0 radical (unpaired) electrons. The third-order valence-electron chi connectivity index (χ3n) is 6.91. The molecule has 0 unspecified atom stereocenters. The minimum atomic E-state index is -0.498. The van der Waals surface area contributed by atoms with Crippen LogP contribution in [0.4, 0.5) is 4.39 Å². The first kappa shape index (κ1) is 24.6. The number of benzene rings is 2. The summed E-state index contributed by atoms with van der Waals surface area (Å²) in [5.41, 5.74) is 2.14. The van der Waals surface area contributed by atoms with Crippen LogP contribution < -0.4 is 10.1 Å². The Hall–Kier alpha value is -2.48. The van der Waals surface area contributed by atoms with Gasteiger partial charge in [0.2, 0.25) is 5.91 Å². The first-order chi connectivity index (χ1) is 16.6. The fourth-order valence-electron chi connectivity index (χ4n) is 4.91. The van der Waals surface area contributed by atoms with Gasteiger partial charge in [0.1, 0.15) is 11.6 Å². The number of nitrogens with one attached hydrogen (secondary N) is 1. The molecule has 0 atom stereocenters. The van der Waals surface area contributed by atoms with Gasteiger partial charge in [0.05, 0.1) is 25.7 Å². The van der Waals surface area contributed by atoms with E-state index < -0.39 is 5.41 Å². The molecule has 184 valence electrons. The van der Waals surface area contributed by atoms with Crippen molar-refractivity contribution >= 4 is 5.91 Å². The predicted octanol–water partition coefficient (Wildman–Crippen LogP) is 3.68. The largest absolute Gasteiger partial charge is 0.496 e. The number of amides is 1. The second-order valence-electron chi connectivity index (χ2n) is 9.18. The van der Waals surface area contributed by atoms with Crippen LogP contribution in [0.3, 0.4) is 0 Å². The Morgan fingerprint density at radius 2 is 1.85 bits per heavy atom. The molecule has 2 aliphatic rings. The van der Waals surface area contributed by atoms with Gasteiger partial charge in [-0.1, -0.05) is 24.3 Å². The molecular weight excluding hydrogens is 435 g/mol. The second kappa shape index (κ2) is 11.8. The van der Waals surface area contributed by atoms with Crippen molar-refractivity contribution < 1.29 is 23.4 Å². The fraction of sp³-hybridized carbons (Fsp3) is 0.519. The zero-order chi connectivity index (χ0) is 23.8. The molecule has 0 bridgehead atoms. The Kier molecular flexibility index (Phi) is 8.53. The molecule has 0 aromatic heterocycles. The van der Waals surface area contributed by atoms with Crippen LogP contribution in [-0.4, -0.2) is 70.5 Å². The minimum absolute atomic E-state index is 0.103. The maximum atomic E-state index is 13.9. The molecule has 1 N–H and O–H groups in total. The van der Waals surface area contributed by atoms with Gasteiger partial charge < -0.3 is 19.5 Å². The van der Waals surface area contributed by atoms with Gasteiger partial charge in [0.15, 0.2) is 0 Å². The van der Waals surface area contributed by atoms with Crippen LogP contribution in [0.1, 0.15) is 24.8 Å². The molecule has 7 heteroatoms. The lowest BCUT2D eigenvalue weighted by molar-refractivity contribution is -0.136. The average Bonchev–Trinajstić information content (AvgIpc) is 2.88. The minimum Gasteiger partial charge on any atom is -0.496 e. The van der Waals surface area contributed by atoms with Crippen molar-refractivity contribution in [2.75, 3.05) is 59.7 Å². The number of hydrogen-bond acceptors (Lipinski definition) is 5. The quantitative estimate of drug-likeness (QED) is 0.567. The maximum Gasteiger partial charge on any atom is 0.226 e. The number of rotatable bonds is 9. The highest BCUT2D eigenvalue weighted by molar-refractivity contribution is 5.83. The summed E-state index contributed by atoms with van der Waals surface area (Å²) in [7, 11) is 1.58. The Labute approximate surface area is 201 Å². The third kappa shape index (κ3) is 6.14. The number of methoxy groups -OCH3 is 1. The predicted molar refractivity (Wildman–Crippen MR) is 129 cm³/mol. The molecule has 0 saturated carbocycles. The second-order valence-corrected chi connectivity index (χ2v) is 9.18. The topological polar surface area (TPSA) is 60.0 Å². The van der Waals surface area contributed by atoms with E-state index in [9.17, 15) is 9.18 Å². The van der Waals surface area contributed by atoms with Crippen molar-refractivity contribution in [1.29, 1.82) is 0 Å². The standard InChI is InChI=1S/C27H35FN2O4/c1-32-25-7-6-23(28)19-24(25)22-5-2-4-21(18-22)20-27(8-14-33-15-9-27)26(31)29-10-3-11-30-12-16-34-17-13-30/h2,4-7,18-19H,3,8-17,20H2,1H3,(H,29,31). The monoisotopic (exact) mass is 470 g/mol. The molecular formula is C27H35FN2O4. The van der Waals surface area contributed by atoms with Gasteiger partial charge in [-0.15, -0.1) is 0 Å². The van der Waals surface area contributed by atoms with Gasteiger partial charge >= 0.3 is 0 Å². The molecule has 6 nitrogen and oxygen atoms in total. The van der Waals surface area contributed by atoms with Gasteiger partial charge in [0, 0.05) is 38.4 Å². The van der Waals surface area contributed by atoms with E-state index in [-0.39, 0.29) is 11.7 Å². The van der Waals surface area contributed by atoms with Crippen LogP contribution in [0.2, 0.25) is 0 Å².